The lowest BCUT2D eigenvalue weighted by Gasteiger charge is -2.23. The molecule has 3 rings (SSSR count). The molecule has 0 aliphatic carbocycles. The second-order valence-corrected chi connectivity index (χ2v) is 7.18. The number of amides is 1. The molecule has 1 aliphatic rings. The molecule has 0 radical (unpaired) electrons. The van der Waals surface area contributed by atoms with Crippen LogP contribution in [0.25, 0.3) is 0 Å². The molecule has 23 heavy (non-hydrogen) atoms. The molecular weight excluding hydrogens is 290 g/mol. The van der Waals surface area contributed by atoms with Crippen LogP contribution in [0.5, 0.6) is 0 Å². The van der Waals surface area contributed by atoms with Gasteiger partial charge >= 0.3 is 0 Å². The van der Waals surface area contributed by atoms with Crippen LogP contribution in [0.15, 0.2) is 34.9 Å². The number of rotatable bonds is 3. The lowest BCUT2D eigenvalue weighted by Crippen LogP contribution is -2.37. The summed E-state index contributed by atoms with van der Waals surface area (Å²) in [6.07, 6.45) is 0.972. The summed E-state index contributed by atoms with van der Waals surface area (Å²) in [5, 5.41) is 6.82. The molecule has 1 amide bonds. The highest BCUT2D eigenvalue weighted by Gasteiger charge is 2.27. The number of nitrogens with one attached hydrogen (secondary N) is 1. The maximum Gasteiger partial charge on any atom is 0.246 e. The Hall–Kier alpha value is -2.30. The summed E-state index contributed by atoms with van der Waals surface area (Å²) in [7, 11) is 0. The Morgan fingerprint density at radius 3 is 2.83 bits per heavy atom. The van der Waals surface area contributed by atoms with Gasteiger partial charge in [-0.15, -0.1) is 0 Å². The van der Waals surface area contributed by atoms with Crippen LogP contribution in [0, 0.1) is 0 Å². The summed E-state index contributed by atoms with van der Waals surface area (Å²) in [4.78, 5) is 14.5. The smallest absolute Gasteiger partial charge is 0.246 e. The van der Waals surface area contributed by atoms with E-state index in [1.807, 2.05) is 12.1 Å². The third-order valence-electron chi connectivity index (χ3n) is 4.20. The molecule has 1 unspecified atom stereocenters. The van der Waals surface area contributed by atoms with Gasteiger partial charge in [0, 0.05) is 23.2 Å². The molecule has 1 N–H and O–H groups in total. The van der Waals surface area contributed by atoms with Crippen molar-refractivity contribution in [2.75, 3.05) is 16.8 Å². The van der Waals surface area contributed by atoms with E-state index in [1.165, 1.54) is 5.56 Å². The summed E-state index contributed by atoms with van der Waals surface area (Å²) in [5.74, 6) is 0.310. The molecule has 0 fully saturated rings. The number of fused-ring (bicyclic) bond motifs is 1. The molecule has 5 nitrogen and oxygen atoms in total. The fourth-order valence-corrected chi connectivity index (χ4v) is 2.89. The topological polar surface area (TPSA) is 58.4 Å². The molecule has 1 atom stereocenters. The number of carbonyl (C=O) groups excluding carboxylic acids is 1. The number of benzene rings is 1. The highest BCUT2D eigenvalue weighted by atomic mass is 16.5. The molecule has 0 bridgehead atoms. The fourth-order valence-electron chi connectivity index (χ4n) is 2.89. The monoisotopic (exact) mass is 313 g/mol. The van der Waals surface area contributed by atoms with E-state index in [0.717, 1.165) is 17.8 Å². The highest BCUT2D eigenvalue weighted by Crippen LogP contribution is 2.31. The molecule has 2 heterocycles. The van der Waals surface area contributed by atoms with E-state index in [9.17, 15) is 4.79 Å². The normalized spacial score (nSPS) is 17.2. The Labute approximate surface area is 136 Å². The van der Waals surface area contributed by atoms with Crippen LogP contribution in [0.4, 0.5) is 11.6 Å². The lowest BCUT2D eigenvalue weighted by atomic mass is 9.92. The first-order valence-electron chi connectivity index (χ1n) is 7.96. The standard InChI is InChI=1S/C18H23N3O2/c1-12-9-13-7-5-6-8-14(13)21(12)11-16(22)19-17-10-15(20-23-17)18(2,3)4/h5-8,10,12H,9,11H2,1-4H3,(H,19,22). The SMILES string of the molecule is CC1Cc2ccccc2N1CC(=O)Nc1cc(C(C)(C)C)no1. The number of hydrogen-bond donors (Lipinski definition) is 1. The van der Waals surface area contributed by atoms with Crippen molar-refractivity contribution in [3.05, 3.63) is 41.6 Å². The van der Waals surface area contributed by atoms with Crippen LogP contribution in [-0.2, 0) is 16.6 Å². The zero-order chi connectivity index (χ0) is 16.6. The average Bonchev–Trinajstić information content (AvgIpc) is 3.04. The summed E-state index contributed by atoms with van der Waals surface area (Å²) >= 11 is 0. The number of para-hydroxylation sites is 1. The molecule has 1 aromatic heterocycles. The first-order chi connectivity index (χ1) is 10.8. The van der Waals surface area contributed by atoms with Gasteiger partial charge in [0.2, 0.25) is 11.8 Å². The Balaban J connectivity index is 1.67. The van der Waals surface area contributed by atoms with Crippen LogP contribution in [0.2, 0.25) is 0 Å². The molecule has 2 aromatic rings. The van der Waals surface area contributed by atoms with Gasteiger partial charge in [-0.1, -0.05) is 44.1 Å². The fraction of sp³-hybridized carbons (Fsp3) is 0.444. The van der Waals surface area contributed by atoms with E-state index in [2.05, 4.69) is 55.2 Å². The van der Waals surface area contributed by atoms with Gasteiger partial charge in [0.05, 0.1) is 12.2 Å². The largest absolute Gasteiger partial charge is 0.359 e. The maximum atomic E-state index is 12.3. The Morgan fingerprint density at radius 1 is 1.39 bits per heavy atom. The molecule has 5 heteroatoms. The molecule has 122 valence electrons. The Kier molecular flexibility index (Phi) is 3.88. The molecule has 0 saturated carbocycles. The Morgan fingerprint density at radius 2 is 2.13 bits per heavy atom. The molecule has 0 saturated heterocycles. The number of carbonyl (C=O) groups is 1. The van der Waals surface area contributed by atoms with Crippen LogP contribution < -0.4 is 10.2 Å². The summed E-state index contributed by atoms with van der Waals surface area (Å²) in [6.45, 7) is 8.61. The zero-order valence-corrected chi connectivity index (χ0v) is 14.1. The summed E-state index contributed by atoms with van der Waals surface area (Å²) in [6, 6.07) is 10.3. The van der Waals surface area contributed by atoms with Crippen LogP contribution in [0.1, 0.15) is 39.0 Å². The summed E-state index contributed by atoms with van der Waals surface area (Å²) in [5.41, 5.74) is 3.16. The van der Waals surface area contributed by atoms with E-state index in [1.54, 1.807) is 6.07 Å². The predicted molar refractivity (Wildman–Crippen MR) is 90.8 cm³/mol. The molecular formula is C18H23N3O2. The third-order valence-corrected chi connectivity index (χ3v) is 4.20. The Bertz CT molecular complexity index is 715. The van der Waals surface area contributed by atoms with Gasteiger partial charge in [-0.2, -0.15) is 0 Å². The van der Waals surface area contributed by atoms with Crippen molar-refractivity contribution in [1.29, 1.82) is 0 Å². The van der Waals surface area contributed by atoms with Crippen molar-refractivity contribution in [2.24, 2.45) is 0 Å². The van der Waals surface area contributed by atoms with Crippen molar-refractivity contribution in [3.63, 3.8) is 0 Å². The van der Waals surface area contributed by atoms with Gasteiger partial charge < -0.3 is 9.42 Å². The first-order valence-corrected chi connectivity index (χ1v) is 7.96. The van der Waals surface area contributed by atoms with E-state index >= 15 is 0 Å². The molecule has 0 spiro atoms. The zero-order valence-electron chi connectivity index (χ0n) is 14.1. The predicted octanol–water partition coefficient (Wildman–Crippen LogP) is 3.36. The van der Waals surface area contributed by atoms with Crippen molar-refractivity contribution in [2.45, 2.75) is 45.6 Å². The quantitative estimate of drug-likeness (QED) is 0.944. The minimum atomic E-state index is -0.102. The van der Waals surface area contributed by atoms with Crippen molar-refractivity contribution in [1.82, 2.24) is 5.16 Å². The van der Waals surface area contributed by atoms with E-state index in [-0.39, 0.29) is 11.3 Å². The number of anilines is 2. The van der Waals surface area contributed by atoms with E-state index in [4.69, 9.17) is 4.52 Å². The van der Waals surface area contributed by atoms with Crippen LogP contribution >= 0.6 is 0 Å². The number of aromatic nitrogens is 1. The van der Waals surface area contributed by atoms with Crippen LogP contribution in [0.3, 0.4) is 0 Å². The van der Waals surface area contributed by atoms with Gasteiger partial charge in [0.25, 0.3) is 0 Å². The van der Waals surface area contributed by atoms with Gasteiger partial charge in [-0.25, -0.2) is 0 Å². The summed E-state index contributed by atoms with van der Waals surface area (Å²) < 4.78 is 5.22. The minimum Gasteiger partial charge on any atom is -0.359 e. The minimum absolute atomic E-state index is 0.0924. The maximum absolute atomic E-state index is 12.3. The van der Waals surface area contributed by atoms with Gasteiger partial charge in [0.15, 0.2) is 0 Å². The van der Waals surface area contributed by atoms with Crippen molar-refractivity contribution in [3.8, 4) is 0 Å². The van der Waals surface area contributed by atoms with Gasteiger partial charge in [0.1, 0.15) is 0 Å². The highest BCUT2D eigenvalue weighted by molar-refractivity contribution is 5.93. The van der Waals surface area contributed by atoms with Crippen LogP contribution in [-0.4, -0.2) is 23.7 Å². The van der Waals surface area contributed by atoms with Crippen molar-refractivity contribution < 1.29 is 9.32 Å². The molecule has 1 aromatic carbocycles. The first kappa shape index (κ1) is 15.6. The van der Waals surface area contributed by atoms with E-state index in [0.29, 0.717) is 18.5 Å². The lowest BCUT2D eigenvalue weighted by molar-refractivity contribution is -0.115. The molecule has 1 aliphatic heterocycles. The van der Waals surface area contributed by atoms with Gasteiger partial charge in [-0.05, 0) is 25.0 Å². The van der Waals surface area contributed by atoms with Crippen molar-refractivity contribution >= 4 is 17.5 Å². The third kappa shape index (κ3) is 3.23. The van der Waals surface area contributed by atoms with Gasteiger partial charge in [-0.3, -0.25) is 10.1 Å². The number of nitrogens with zero attached hydrogens (tertiary/aromatic N) is 2. The number of hydrogen-bond acceptors (Lipinski definition) is 4. The van der Waals surface area contributed by atoms with E-state index < -0.39 is 0 Å². The second kappa shape index (κ2) is 5.72. The average molecular weight is 313 g/mol. The second-order valence-electron chi connectivity index (χ2n) is 7.18.